The lowest BCUT2D eigenvalue weighted by Crippen LogP contribution is -2.38. The second-order valence-electron chi connectivity index (χ2n) is 16.0. The highest BCUT2D eigenvalue weighted by atomic mass is 16.6. The number of aliphatic hydroxyl groups excluding tert-OH is 8. The number of amides is 6. The highest BCUT2D eigenvalue weighted by molar-refractivity contribution is 6.08. The lowest BCUT2D eigenvalue weighted by atomic mass is 9.89. The molecule has 0 fully saturated rings. The van der Waals surface area contributed by atoms with E-state index in [1.54, 1.807) is 0 Å². The van der Waals surface area contributed by atoms with E-state index in [-0.39, 0.29) is 113 Å². The van der Waals surface area contributed by atoms with Gasteiger partial charge in [-0.3, -0.25) is 29.8 Å². The number of hydrogen-bond acceptors (Lipinski definition) is 16. The van der Waals surface area contributed by atoms with E-state index in [1.165, 1.54) is 69.7 Å². The van der Waals surface area contributed by atoms with Gasteiger partial charge in [0.05, 0.1) is 75.4 Å². The van der Waals surface area contributed by atoms with Gasteiger partial charge in [0.25, 0.3) is 23.6 Å². The average Bonchev–Trinajstić information content (AvgIpc) is 3.43. The van der Waals surface area contributed by atoms with E-state index in [0.717, 1.165) is 19.6 Å². The molecule has 22 heteroatoms. The number of benzene rings is 2. The van der Waals surface area contributed by atoms with Crippen LogP contribution in [0.2, 0.25) is 0 Å². The predicted octanol–water partition coefficient (Wildman–Crippen LogP) is 5.58. The SMILES string of the molecule is CC.CC.CC.CC.CC.CC.Cc1c(NC(=O)OCCCOC(=O)Nc2c(C)c(C(=O)N(C)CC(O)CO)c(C)c(C(=O)N(C)CC(O)CO)c2C)c(C)c(C(=O)N(C)CC(O)CO)c(C)c1C(=O)N(C)CC(O)CO. The van der Waals surface area contributed by atoms with Crippen LogP contribution in [0.3, 0.4) is 0 Å². The first kappa shape index (κ1) is 80.4. The zero-order valence-electron chi connectivity index (χ0n) is 50.7. The van der Waals surface area contributed by atoms with Crippen LogP contribution in [-0.2, 0) is 9.47 Å². The standard InChI is InChI=1S/C43H66N6O16.6C2H6/c1-22-32(38(58)46(7)14-28(54)18-50)24(3)36(25(4)33(22)39(59)47(8)15-29(55)19-51)44-42(62)64-12-11-13-65-43(63)45-37-26(5)34(40(60)48(9)16-30(56)20-52)23(2)35(27(37)6)41(61)49(10)17-31(57)21-53;6*1-2/h28-31,50-57H,11-21H2,1-10H3,(H,44,62)(H,45,63);6*1-2H3. The largest absolute Gasteiger partial charge is 0.449 e. The van der Waals surface area contributed by atoms with E-state index in [4.69, 9.17) is 9.47 Å². The van der Waals surface area contributed by atoms with Crippen LogP contribution in [0.4, 0.5) is 21.0 Å². The summed E-state index contributed by atoms with van der Waals surface area (Å²) in [5, 5.41) is 82.5. The molecule has 22 nitrogen and oxygen atoms in total. The number of ether oxygens (including phenoxy) is 2. The Balaban J connectivity index is -0.00000134. The van der Waals surface area contributed by atoms with Crippen molar-refractivity contribution in [2.75, 3.05) is 105 Å². The zero-order chi connectivity index (χ0) is 61.6. The van der Waals surface area contributed by atoms with E-state index < -0.39 is 86.7 Å². The topological polar surface area (TPSA) is 320 Å². The number of aliphatic hydroxyl groups is 8. The van der Waals surface area contributed by atoms with Gasteiger partial charge in [-0.05, 0) is 74.9 Å². The minimum Gasteiger partial charge on any atom is -0.449 e. The van der Waals surface area contributed by atoms with Crippen LogP contribution < -0.4 is 10.6 Å². The molecule has 0 aliphatic carbocycles. The molecule has 0 heterocycles. The summed E-state index contributed by atoms with van der Waals surface area (Å²) in [7, 11) is 5.54. The minimum atomic E-state index is -1.26. The second-order valence-corrected chi connectivity index (χ2v) is 16.0. The van der Waals surface area contributed by atoms with Crippen LogP contribution >= 0.6 is 0 Å². The van der Waals surface area contributed by atoms with Crippen LogP contribution in [0.5, 0.6) is 0 Å². The third-order valence-corrected chi connectivity index (χ3v) is 10.7. The minimum absolute atomic E-state index is 0.0180. The fourth-order valence-corrected chi connectivity index (χ4v) is 7.35. The summed E-state index contributed by atoms with van der Waals surface area (Å²) < 4.78 is 10.7. The van der Waals surface area contributed by atoms with Crippen molar-refractivity contribution >= 4 is 47.2 Å². The first-order chi connectivity index (χ1) is 36.4. The molecule has 0 saturated carbocycles. The smallest absolute Gasteiger partial charge is 0.411 e. The highest BCUT2D eigenvalue weighted by Crippen LogP contribution is 2.35. The summed E-state index contributed by atoms with van der Waals surface area (Å²) in [6.07, 6.45) is -7.05. The molecule has 0 radical (unpaired) electrons. The van der Waals surface area contributed by atoms with Gasteiger partial charge in [0.2, 0.25) is 0 Å². The Labute approximate surface area is 460 Å². The van der Waals surface area contributed by atoms with E-state index >= 15 is 0 Å². The Bertz CT molecular complexity index is 1800. The molecule has 448 valence electrons. The molecule has 0 spiro atoms. The molecule has 4 unspecified atom stereocenters. The molecular weight excluding hydrogens is 1000 g/mol. The third-order valence-electron chi connectivity index (χ3n) is 10.7. The molecule has 2 rings (SSSR count). The van der Waals surface area contributed by atoms with E-state index in [2.05, 4.69) is 10.6 Å². The first-order valence-electron chi connectivity index (χ1n) is 26.7. The molecule has 2 aromatic rings. The Morgan fingerprint density at radius 3 is 0.727 bits per heavy atom. The molecule has 2 aromatic carbocycles. The van der Waals surface area contributed by atoms with Crippen molar-refractivity contribution in [3.05, 3.63) is 55.6 Å². The maximum Gasteiger partial charge on any atom is 0.411 e. The number of carbonyl (C=O) groups is 6. The van der Waals surface area contributed by atoms with Gasteiger partial charge in [-0.2, -0.15) is 0 Å². The number of hydrogen-bond donors (Lipinski definition) is 10. The van der Waals surface area contributed by atoms with Gasteiger partial charge in [0, 0.05) is 83.0 Å². The summed E-state index contributed by atoms with van der Waals surface area (Å²) in [5.41, 5.74) is 1.66. The predicted molar refractivity (Wildman–Crippen MR) is 304 cm³/mol. The average molecular weight is 1100 g/mol. The molecule has 0 aromatic heterocycles. The van der Waals surface area contributed by atoms with E-state index in [0.29, 0.717) is 0 Å². The van der Waals surface area contributed by atoms with Gasteiger partial charge in [-0.1, -0.05) is 83.1 Å². The van der Waals surface area contributed by atoms with Crippen molar-refractivity contribution in [2.45, 2.75) is 155 Å². The van der Waals surface area contributed by atoms with Crippen LogP contribution in [-0.4, -0.2) is 215 Å². The molecule has 0 bridgehead atoms. The number of nitrogens with one attached hydrogen (secondary N) is 2. The number of anilines is 2. The molecule has 0 saturated heterocycles. The highest BCUT2D eigenvalue weighted by Gasteiger charge is 2.32. The Morgan fingerprint density at radius 2 is 0.558 bits per heavy atom. The fraction of sp³-hybridized carbons (Fsp3) is 0.673. The van der Waals surface area contributed by atoms with Gasteiger partial charge in [-0.15, -0.1) is 0 Å². The zero-order valence-corrected chi connectivity index (χ0v) is 50.7. The molecule has 4 atom stereocenters. The second kappa shape index (κ2) is 44.5. The van der Waals surface area contributed by atoms with E-state index in [9.17, 15) is 69.6 Å². The Morgan fingerprint density at radius 1 is 0.377 bits per heavy atom. The van der Waals surface area contributed by atoms with Crippen molar-refractivity contribution in [1.82, 2.24) is 19.6 Å². The first-order valence-corrected chi connectivity index (χ1v) is 26.7. The molecule has 0 aliphatic heterocycles. The molecule has 10 N–H and O–H groups in total. The Hall–Kier alpha value is -5.46. The molecule has 77 heavy (non-hydrogen) atoms. The number of rotatable bonds is 22. The lowest BCUT2D eigenvalue weighted by molar-refractivity contribution is 0.0510. The normalized spacial score (nSPS) is 11.4. The van der Waals surface area contributed by atoms with Gasteiger partial charge in [-0.25, -0.2) is 9.59 Å². The maximum absolute atomic E-state index is 13.7. The maximum atomic E-state index is 13.7. The molecule has 6 amide bonds. The lowest BCUT2D eigenvalue weighted by Gasteiger charge is -2.27. The monoisotopic (exact) mass is 1100 g/mol. The fourth-order valence-electron chi connectivity index (χ4n) is 7.35. The van der Waals surface area contributed by atoms with Gasteiger partial charge < -0.3 is 69.9 Å². The van der Waals surface area contributed by atoms with Crippen molar-refractivity contribution < 1.29 is 79.1 Å². The quantitative estimate of drug-likeness (QED) is 0.0643. The molecular formula is C55H102N6O16. The van der Waals surface area contributed by atoms with Gasteiger partial charge >= 0.3 is 12.2 Å². The Kier molecular flexibility index (Phi) is 46.5. The summed E-state index contributed by atoms with van der Waals surface area (Å²) >= 11 is 0. The number of carbonyl (C=O) groups excluding carboxylic acids is 6. The summed E-state index contributed by atoms with van der Waals surface area (Å²) in [5.74, 6) is -2.54. The van der Waals surface area contributed by atoms with Crippen LogP contribution in [0.25, 0.3) is 0 Å². The van der Waals surface area contributed by atoms with Crippen molar-refractivity contribution in [2.24, 2.45) is 0 Å². The van der Waals surface area contributed by atoms with E-state index in [1.807, 2.05) is 83.1 Å². The summed E-state index contributed by atoms with van der Waals surface area (Å²) in [6, 6.07) is 0. The van der Waals surface area contributed by atoms with Crippen molar-refractivity contribution in [1.29, 1.82) is 0 Å². The van der Waals surface area contributed by atoms with Crippen molar-refractivity contribution in [3.63, 3.8) is 0 Å². The van der Waals surface area contributed by atoms with Crippen molar-refractivity contribution in [3.8, 4) is 0 Å². The third kappa shape index (κ3) is 25.3. The van der Waals surface area contributed by atoms with Crippen LogP contribution in [0, 0.1) is 41.5 Å². The number of nitrogens with zero attached hydrogens (tertiary/aromatic N) is 4. The summed E-state index contributed by atoms with van der Waals surface area (Å²) in [4.78, 5) is 85.9. The van der Waals surface area contributed by atoms with Crippen LogP contribution in [0.1, 0.15) is 164 Å². The van der Waals surface area contributed by atoms with Gasteiger partial charge in [0.1, 0.15) is 0 Å². The number of likely N-dealkylation sites (N-methyl/N-ethyl adjacent to an activating group) is 4. The van der Waals surface area contributed by atoms with Gasteiger partial charge in [0.15, 0.2) is 0 Å². The van der Waals surface area contributed by atoms with Crippen LogP contribution in [0.15, 0.2) is 0 Å². The summed E-state index contributed by atoms with van der Waals surface area (Å²) in [6.45, 7) is 29.1. The molecule has 0 aliphatic rings.